The van der Waals surface area contributed by atoms with Gasteiger partial charge < -0.3 is 15.3 Å². The van der Waals surface area contributed by atoms with Crippen LogP contribution in [0.1, 0.15) is 36.2 Å². The molecule has 1 unspecified atom stereocenters. The van der Waals surface area contributed by atoms with Gasteiger partial charge >= 0.3 is 0 Å². The minimum atomic E-state index is -0.0534. The first kappa shape index (κ1) is 18.9. The summed E-state index contributed by atoms with van der Waals surface area (Å²) in [6.07, 6.45) is 0.588. The Morgan fingerprint density at radius 3 is 2.58 bits per heavy atom. The summed E-state index contributed by atoms with van der Waals surface area (Å²) in [5.41, 5.74) is 1.88. The summed E-state index contributed by atoms with van der Waals surface area (Å²) < 4.78 is 0. The summed E-state index contributed by atoms with van der Waals surface area (Å²) in [4.78, 5) is 17.3. The normalized spacial score (nSPS) is 17.9. The second kappa shape index (κ2) is 9.16. The van der Waals surface area contributed by atoms with E-state index in [4.69, 9.17) is 5.11 Å². The van der Waals surface area contributed by atoms with Gasteiger partial charge in [0.1, 0.15) is 0 Å². The molecule has 0 saturated carbocycles. The van der Waals surface area contributed by atoms with Crippen LogP contribution in [-0.2, 0) is 6.54 Å². The molecule has 1 aliphatic rings. The minimum absolute atomic E-state index is 0.00351. The van der Waals surface area contributed by atoms with Gasteiger partial charge in [-0.25, -0.2) is 0 Å². The largest absolute Gasteiger partial charge is 0.396 e. The molecule has 1 aliphatic heterocycles. The van der Waals surface area contributed by atoms with Crippen molar-refractivity contribution >= 4 is 5.91 Å². The van der Waals surface area contributed by atoms with Crippen molar-refractivity contribution < 1.29 is 9.90 Å². The monoisotopic (exact) mass is 333 g/mol. The Kier molecular flexibility index (Phi) is 7.21. The Balaban J connectivity index is 1.97. The van der Waals surface area contributed by atoms with E-state index in [2.05, 4.69) is 42.1 Å². The van der Waals surface area contributed by atoms with Crippen molar-refractivity contribution in [2.75, 3.05) is 39.8 Å². The molecule has 1 atom stereocenters. The summed E-state index contributed by atoms with van der Waals surface area (Å²) in [5.74, 6) is 0.247. The number of hydrogen-bond acceptors (Lipinski definition) is 4. The van der Waals surface area contributed by atoms with E-state index in [0.29, 0.717) is 17.9 Å². The molecule has 1 saturated heterocycles. The Hall–Kier alpha value is -1.43. The number of hydrogen-bond donors (Lipinski definition) is 2. The summed E-state index contributed by atoms with van der Waals surface area (Å²) in [5, 5.41) is 12.2. The number of piperazine rings is 1. The first-order valence-electron chi connectivity index (χ1n) is 8.91. The smallest absolute Gasteiger partial charge is 0.251 e. The second-order valence-electron chi connectivity index (χ2n) is 7.12. The number of aliphatic hydroxyl groups is 1. The SMILES string of the molecule is CC(C)C(CCO)NC(=O)c1cccc(CN2CCN(C)CC2)c1. The standard InChI is InChI=1S/C19H31N3O2/c1-15(2)18(7-12-23)20-19(24)17-6-4-5-16(13-17)14-22-10-8-21(3)9-11-22/h4-6,13,15,18,23H,7-12,14H2,1-3H3,(H,20,24). The lowest BCUT2D eigenvalue weighted by Gasteiger charge is -2.32. The van der Waals surface area contributed by atoms with Crippen LogP contribution in [0.25, 0.3) is 0 Å². The van der Waals surface area contributed by atoms with Crippen molar-refractivity contribution in [1.29, 1.82) is 0 Å². The highest BCUT2D eigenvalue weighted by atomic mass is 16.3. The summed E-state index contributed by atoms with van der Waals surface area (Å²) in [6.45, 7) is 9.42. The second-order valence-corrected chi connectivity index (χ2v) is 7.12. The van der Waals surface area contributed by atoms with Gasteiger partial charge in [0.25, 0.3) is 5.91 Å². The predicted octanol–water partition coefficient (Wildman–Crippen LogP) is 1.57. The lowest BCUT2D eigenvalue weighted by Crippen LogP contribution is -2.43. The van der Waals surface area contributed by atoms with Crippen molar-refractivity contribution in [2.45, 2.75) is 32.9 Å². The summed E-state index contributed by atoms with van der Waals surface area (Å²) >= 11 is 0. The summed E-state index contributed by atoms with van der Waals surface area (Å²) in [6, 6.07) is 7.90. The van der Waals surface area contributed by atoms with Gasteiger partial charge in [-0.3, -0.25) is 9.69 Å². The van der Waals surface area contributed by atoms with Gasteiger partial charge in [-0.2, -0.15) is 0 Å². The number of nitrogens with one attached hydrogen (secondary N) is 1. The molecule has 24 heavy (non-hydrogen) atoms. The quantitative estimate of drug-likeness (QED) is 0.795. The van der Waals surface area contributed by atoms with E-state index in [0.717, 1.165) is 32.7 Å². The molecule has 0 bridgehead atoms. The minimum Gasteiger partial charge on any atom is -0.396 e. The number of likely N-dealkylation sites (N-methyl/N-ethyl adjacent to an activating group) is 1. The van der Waals surface area contributed by atoms with Gasteiger partial charge in [-0.05, 0) is 37.1 Å². The van der Waals surface area contributed by atoms with Gasteiger partial charge in [0.2, 0.25) is 0 Å². The number of amides is 1. The lowest BCUT2D eigenvalue weighted by molar-refractivity contribution is 0.0916. The molecule has 1 aromatic carbocycles. The molecule has 0 spiro atoms. The number of carbonyl (C=O) groups excluding carboxylic acids is 1. The van der Waals surface area contributed by atoms with Crippen LogP contribution in [0.15, 0.2) is 24.3 Å². The number of benzene rings is 1. The van der Waals surface area contributed by atoms with Crippen LogP contribution in [0.4, 0.5) is 0 Å². The number of carbonyl (C=O) groups is 1. The third-order valence-corrected chi connectivity index (χ3v) is 4.75. The molecule has 0 aromatic heterocycles. The lowest BCUT2D eigenvalue weighted by atomic mass is 10.0. The average Bonchev–Trinajstić information content (AvgIpc) is 2.56. The number of nitrogens with zero attached hydrogens (tertiary/aromatic N) is 2. The van der Waals surface area contributed by atoms with Crippen LogP contribution < -0.4 is 5.32 Å². The van der Waals surface area contributed by atoms with Gasteiger partial charge in [-0.1, -0.05) is 26.0 Å². The van der Waals surface area contributed by atoms with E-state index < -0.39 is 0 Å². The van der Waals surface area contributed by atoms with Crippen molar-refractivity contribution in [3.63, 3.8) is 0 Å². The number of rotatable bonds is 7. The van der Waals surface area contributed by atoms with Crippen molar-refractivity contribution in [3.8, 4) is 0 Å². The molecule has 0 aliphatic carbocycles. The highest BCUT2D eigenvalue weighted by Crippen LogP contribution is 2.12. The Morgan fingerprint density at radius 2 is 1.96 bits per heavy atom. The molecule has 1 fully saturated rings. The molecular weight excluding hydrogens is 302 g/mol. The fourth-order valence-electron chi connectivity index (χ4n) is 3.04. The third-order valence-electron chi connectivity index (χ3n) is 4.75. The highest BCUT2D eigenvalue weighted by molar-refractivity contribution is 5.94. The maximum absolute atomic E-state index is 12.5. The zero-order chi connectivity index (χ0) is 17.5. The van der Waals surface area contributed by atoms with Crippen LogP contribution in [0.2, 0.25) is 0 Å². The van der Waals surface area contributed by atoms with Crippen LogP contribution in [-0.4, -0.2) is 66.7 Å². The van der Waals surface area contributed by atoms with Gasteiger partial charge in [0, 0.05) is 50.9 Å². The van der Waals surface area contributed by atoms with E-state index >= 15 is 0 Å². The molecule has 1 aromatic rings. The topological polar surface area (TPSA) is 55.8 Å². The van der Waals surface area contributed by atoms with Crippen LogP contribution in [0, 0.1) is 5.92 Å². The van der Waals surface area contributed by atoms with E-state index in [9.17, 15) is 4.79 Å². The van der Waals surface area contributed by atoms with E-state index in [1.807, 2.05) is 18.2 Å². The molecule has 1 amide bonds. The Morgan fingerprint density at radius 1 is 1.25 bits per heavy atom. The van der Waals surface area contributed by atoms with Crippen molar-refractivity contribution in [1.82, 2.24) is 15.1 Å². The molecule has 2 rings (SSSR count). The fourth-order valence-corrected chi connectivity index (χ4v) is 3.04. The zero-order valence-corrected chi connectivity index (χ0v) is 15.2. The average molecular weight is 333 g/mol. The van der Waals surface area contributed by atoms with Crippen molar-refractivity contribution in [3.05, 3.63) is 35.4 Å². The highest BCUT2D eigenvalue weighted by Gasteiger charge is 2.18. The van der Waals surface area contributed by atoms with E-state index in [1.165, 1.54) is 5.56 Å². The van der Waals surface area contributed by atoms with Gasteiger partial charge in [-0.15, -0.1) is 0 Å². The molecular formula is C19H31N3O2. The fraction of sp³-hybridized carbons (Fsp3) is 0.632. The molecule has 1 heterocycles. The maximum Gasteiger partial charge on any atom is 0.251 e. The van der Waals surface area contributed by atoms with Gasteiger partial charge in [0.05, 0.1) is 0 Å². The van der Waals surface area contributed by atoms with Crippen LogP contribution in [0.5, 0.6) is 0 Å². The molecule has 2 N–H and O–H groups in total. The Labute approximate surface area is 145 Å². The molecule has 0 radical (unpaired) electrons. The van der Waals surface area contributed by atoms with Crippen LogP contribution >= 0.6 is 0 Å². The first-order chi connectivity index (χ1) is 11.5. The van der Waals surface area contributed by atoms with Gasteiger partial charge in [0.15, 0.2) is 0 Å². The predicted molar refractivity (Wildman–Crippen MR) is 97.0 cm³/mol. The molecule has 5 nitrogen and oxygen atoms in total. The Bertz CT molecular complexity index is 525. The maximum atomic E-state index is 12.5. The zero-order valence-electron chi connectivity index (χ0n) is 15.2. The summed E-state index contributed by atoms with van der Waals surface area (Å²) in [7, 11) is 2.15. The third kappa shape index (κ3) is 5.58. The molecule has 5 heteroatoms. The van der Waals surface area contributed by atoms with E-state index in [1.54, 1.807) is 0 Å². The first-order valence-corrected chi connectivity index (χ1v) is 8.91. The number of aliphatic hydroxyl groups excluding tert-OH is 1. The van der Waals surface area contributed by atoms with E-state index in [-0.39, 0.29) is 18.6 Å². The van der Waals surface area contributed by atoms with Crippen LogP contribution in [0.3, 0.4) is 0 Å². The molecule has 134 valence electrons. The van der Waals surface area contributed by atoms with Crippen molar-refractivity contribution in [2.24, 2.45) is 5.92 Å².